The van der Waals surface area contributed by atoms with Gasteiger partial charge in [-0.3, -0.25) is 9.59 Å². The summed E-state index contributed by atoms with van der Waals surface area (Å²) >= 11 is 1.62. The van der Waals surface area contributed by atoms with E-state index in [9.17, 15) is 9.59 Å². The smallest absolute Gasteiger partial charge is 0.252 e. The molecule has 0 aliphatic heterocycles. The monoisotopic (exact) mass is 332 g/mol. The molecule has 0 atom stereocenters. The molecule has 1 aromatic carbocycles. The zero-order valence-corrected chi connectivity index (χ0v) is 14.0. The zero-order valence-electron chi connectivity index (χ0n) is 13.2. The summed E-state index contributed by atoms with van der Waals surface area (Å²) in [6.45, 7) is 4.38. The van der Waals surface area contributed by atoms with Gasteiger partial charge in [0.15, 0.2) is 0 Å². The SMILES string of the molecule is CC(C)Sc1ccccc1C(=O)NCC(=O)NCc1ccco1. The van der Waals surface area contributed by atoms with E-state index in [0.29, 0.717) is 23.1 Å². The predicted octanol–water partition coefficient (Wildman–Crippen LogP) is 2.83. The van der Waals surface area contributed by atoms with Crippen LogP contribution in [0.4, 0.5) is 0 Å². The van der Waals surface area contributed by atoms with Gasteiger partial charge in [-0.15, -0.1) is 11.8 Å². The second-order valence-electron chi connectivity index (χ2n) is 5.20. The number of hydrogen-bond acceptors (Lipinski definition) is 4. The molecule has 0 spiro atoms. The maximum atomic E-state index is 12.3. The van der Waals surface area contributed by atoms with Crippen LogP contribution in [0.25, 0.3) is 0 Å². The number of nitrogens with one attached hydrogen (secondary N) is 2. The fourth-order valence-electron chi connectivity index (χ4n) is 1.93. The number of benzene rings is 1. The van der Waals surface area contributed by atoms with Crippen LogP contribution in [-0.4, -0.2) is 23.6 Å². The van der Waals surface area contributed by atoms with E-state index in [1.807, 2.05) is 18.2 Å². The first kappa shape index (κ1) is 17.1. The maximum Gasteiger partial charge on any atom is 0.252 e. The van der Waals surface area contributed by atoms with Crippen LogP contribution in [0.1, 0.15) is 30.0 Å². The highest BCUT2D eigenvalue weighted by atomic mass is 32.2. The van der Waals surface area contributed by atoms with Gasteiger partial charge in [0, 0.05) is 10.1 Å². The van der Waals surface area contributed by atoms with Crippen molar-refractivity contribution in [2.24, 2.45) is 0 Å². The van der Waals surface area contributed by atoms with Crippen LogP contribution in [0.15, 0.2) is 52.0 Å². The van der Waals surface area contributed by atoms with E-state index < -0.39 is 0 Å². The van der Waals surface area contributed by atoms with E-state index in [1.54, 1.807) is 36.2 Å². The average Bonchev–Trinajstić information content (AvgIpc) is 3.04. The summed E-state index contributed by atoms with van der Waals surface area (Å²) in [5, 5.41) is 5.71. The lowest BCUT2D eigenvalue weighted by molar-refractivity contribution is -0.120. The van der Waals surface area contributed by atoms with Crippen LogP contribution in [0.2, 0.25) is 0 Å². The van der Waals surface area contributed by atoms with Crippen molar-refractivity contribution in [1.82, 2.24) is 10.6 Å². The number of amides is 2. The molecule has 0 unspecified atom stereocenters. The van der Waals surface area contributed by atoms with Gasteiger partial charge < -0.3 is 15.1 Å². The van der Waals surface area contributed by atoms with Gasteiger partial charge >= 0.3 is 0 Å². The third kappa shape index (κ3) is 5.49. The molecule has 2 amide bonds. The molecule has 0 bridgehead atoms. The van der Waals surface area contributed by atoms with Gasteiger partial charge in [0.2, 0.25) is 5.91 Å². The number of thioether (sulfide) groups is 1. The lowest BCUT2D eigenvalue weighted by Gasteiger charge is -2.11. The van der Waals surface area contributed by atoms with Crippen LogP contribution in [0, 0.1) is 0 Å². The number of carbonyl (C=O) groups is 2. The molecule has 23 heavy (non-hydrogen) atoms. The molecule has 0 radical (unpaired) electrons. The van der Waals surface area contributed by atoms with E-state index in [4.69, 9.17) is 4.42 Å². The lowest BCUT2D eigenvalue weighted by Crippen LogP contribution is -2.36. The van der Waals surface area contributed by atoms with Gasteiger partial charge in [0.05, 0.1) is 24.9 Å². The van der Waals surface area contributed by atoms with Crippen molar-refractivity contribution in [2.75, 3.05) is 6.54 Å². The Balaban J connectivity index is 1.85. The van der Waals surface area contributed by atoms with Crippen LogP contribution in [-0.2, 0) is 11.3 Å². The molecule has 1 aromatic heterocycles. The van der Waals surface area contributed by atoms with E-state index >= 15 is 0 Å². The first-order chi connectivity index (χ1) is 11.1. The zero-order chi connectivity index (χ0) is 16.7. The summed E-state index contributed by atoms with van der Waals surface area (Å²) < 4.78 is 5.13. The standard InChI is InChI=1S/C17H20N2O3S/c1-12(2)23-15-8-4-3-7-14(15)17(21)19-11-16(20)18-10-13-6-5-9-22-13/h3-9,12H,10-11H2,1-2H3,(H,18,20)(H,19,21). The molecule has 0 aliphatic carbocycles. The van der Waals surface area contributed by atoms with Gasteiger partial charge in [-0.05, 0) is 24.3 Å². The second kappa shape index (κ2) is 8.43. The third-order valence-electron chi connectivity index (χ3n) is 2.94. The molecule has 5 nitrogen and oxygen atoms in total. The number of carbonyl (C=O) groups excluding carboxylic acids is 2. The first-order valence-electron chi connectivity index (χ1n) is 7.39. The normalized spacial score (nSPS) is 10.6. The molecule has 2 N–H and O–H groups in total. The summed E-state index contributed by atoms with van der Waals surface area (Å²) in [5.74, 6) is 0.161. The highest BCUT2D eigenvalue weighted by Gasteiger charge is 2.13. The minimum Gasteiger partial charge on any atom is -0.467 e. The number of hydrogen-bond donors (Lipinski definition) is 2. The fourth-order valence-corrected chi connectivity index (χ4v) is 2.88. The Morgan fingerprint density at radius 3 is 2.61 bits per heavy atom. The van der Waals surface area contributed by atoms with Crippen LogP contribution in [0.3, 0.4) is 0 Å². The molecule has 1 heterocycles. The largest absolute Gasteiger partial charge is 0.467 e. The van der Waals surface area contributed by atoms with Gasteiger partial charge in [-0.25, -0.2) is 0 Å². The molecule has 2 aromatic rings. The molecule has 122 valence electrons. The van der Waals surface area contributed by atoms with E-state index in [2.05, 4.69) is 24.5 Å². The minimum atomic E-state index is -0.260. The molecule has 2 rings (SSSR count). The summed E-state index contributed by atoms with van der Waals surface area (Å²) in [6, 6.07) is 10.9. The van der Waals surface area contributed by atoms with Crippen LogP contribution >= 0.6 is 11.8 Å². The van der Waals surface area contributed by atoms with Crippen molar-refractivity contribution in [3.05, 3.63) is 54.0 Å². The quantitative estimate of drug-likeness (QED) is 0.765. The van der Waals surface area contributed by atoms with Crippen molar-refractivity contribution in [1.29, 1.82) is 0 Å². The topological polar surface area (TPSA) is 71.3 Å². The summed E-state index contributed by atoms with van der Waals surface area (Å²) in [6.07, 6.45) is 1.55. The predicted molar refractivity (Wildman–Crippen MR) is 90.3 cm³/mol. The molecular formula is C17H20N2O3S. The van der Waals surface area contributed by atoms with Crippen molar-refractivity contribution < 1.29 is 14.0 Å². The molecule has 0 saturated heterocycles. The van der Waals surface area contributed by atoms with Crippen molar-refractivity contribution in [2.45, 2.75) is 30.5 Å². The lowest BCUT2D eigenvalue weighted by atomic mass is 10.2. The average molecular weight is 332 g/mol. The van der Waals surface area contributed by atoms with Crippen molar-refractivity contribution in [3.8, 4) is 0 Å². The fraction of sp³-hybridized carbons (Fsp3) is 0.294. The highest BCUT2D eigenvalue weighted by Crippen LogP contribution is 2.26. The maximum absolute atomic E-state index is 12.3. The Bertz CT molecular complexity index is 654. The Kier molecular flexibility index (Phi) is 6.29. The Labute approximate surface area is 139 Å². The molecule has 0 fully saturated rings. The molecule has 6 heteroatoms. The van der Waals surface area contributed by atoms with Crippen LogP contribution in [0.5, 0.6) is 0 Å². The third-order valence-corrected chi connectivity index (χ3v) is 4.03. The van der Waals surface area contributed by atoms with Gasteiger partial charge in [-0.1, -0.05) is 26.0 Å². The van der Waals surface area contributed by atoms with Crippen molar-refractivity contribution >= 4 is 23.6 Å². The van der Waals surface area contributed by atoms with Crippen molar-refractivity contribution in [3.63, 3.8) is 0 Å². The Morgan fingerprint density at radius 1 is 1.13 bits per heavy atom. The summed E-state index contributed by atoms with van der Waals surface area (Å²) in [4.78, 5) is 24.9. The van der Waals surface area contributed by atoms with Gasteiger partial charge in [0.25, 0.3) is 5.91 Å². The van der Waals surface area contributed by atoms with Gasteiger partial charge in [0.1, 0.15) is 5.76 Å². The number of furan rings is 1. The molecule has 0 saturated carbocycles. The van der Waals surface area contributed by atoms with Crippen LogP contribution < -0.4 is 10.6 Å². The second-order valence-corrected chi connectivity index (χ2v) is 6.82. The number of rotatable bonds is 7. The first-order valence-corrected chi connectivity index (χ1v) is 8.27. The Hall–Kier alpha value is -2.21. The molecular weight excluding hydrogens is 312 g/mol. The van der Waals surface area contributed by atoms with E-state index in [1.165, 1.54) is 0 Å². The Morgan fingerprint density at radius 2 is 1.91 bits per heavy atom. The van der Waals surface area contributed by atoms with E-state index in [0.717, 1.165) is 4.90 Å². The minimum absolute atomic E-state index is 0.0692. The summed E-state index contributed by atoms with van der Waals surface area (Å²) in [7, 11) is 0. The van der Waals surface area contributed by atoms with Gasteiger partial charge in [-0.2, -0.15) is 0 Å². The molecule has 0 aliphatic rings. The van der Waals surface area contributed by atoms with E-state index in [-0.39, 0.29) is 18.4 Å². The summed E-state index contributed by atoms with van der Waals surface area (Å²) in [5.41, 5.74) is 0.588. The highest BCUT2D eigenvalue weighted by molar-refractivity contribution is 8.00.